The molecule has 0 spiro atoms. The van der Waals surface area contributed by atoms with Crippen molar-refractivity contribution in [3.63, 3.8) is 0 Å². The van der Waals surface area contributed by atoms with Gasteiger partial charge in [-0.25, -0.2) is 0 Å². The van der Waals surface area contributed by atoms with E-state index in [1.807, 2.05) is 7.05 Å². The van der Waals surface area contributed by atoms with Crippen molar-refractivity contribution in [2.45, 2.75) is 59.8 Å². The number of fused-ring (bicyclic) bond motifs is 6. The highest BCUT2D eigenvalue weighted by Crippen LogP contribution is 2.46. The maximum Gasteiger partial charge on any atom is 0.304 e. The summed E-state index contributed by atoms with van der Waals surface area (Å²) >= 11 is 27.6. The smallest absolute Gasteiger partial charge is 0.304 e. The summed E-state index contributed by atoms with van der Waals surface area (Å²) in [4.78, 5) is 31.1. The van der Waals surface area contributed by atoms with Crippen molar-refractivity contribution in [3.05, 3.63) is 114 Å². The lowest BCUT2D eigenvalue weighted by molar-refractivity contribution is 0.0945. The molecule has 2 aliphatic carbocycles. The van der Waals surface area contributed by atoms with Gasteiger partial charge in [-0.2, -0.15) is 16.8 Å². The Morgan fingerprint density at radius 1 is 0.656 bits per heavy atom. The Kier molecular flexibility index (Phi) is 13.8. The number of carbonyl (C=O) groups excluding carboxylic acids is 2. The van der Waals surface area contributed by atoms with E-state index in [0.29, 0.717) is 141 Å². The van der Waals surface area contributed by atoms with Gasteiger partial charge in [0.1, 0.15) is 8.42 Å². The number of benzene rings is 2. The molecule has 0 bridgehead atoms. The van der Waals surface area contributed by atoms with Crippen LogP contribution in [0, 0.1) is 0 Å². The number of amides is 2. The molecule has 0 radical (unpaired) electrons. The molecule has 4 heterocycles. The topological polar surface area (TPSA) is 180 Å². The van der Waals surface area contributed by atoms with Gasteiger partial charge in [-0.15, -0.1) is 22.7 Å². The SMILES string of the molecule is CN(CCCNC(=O)c1cn(-c2ccc(Cl)cc2Cl)c2c1CCCc1cc(S(=O)(=O)O)sc1-2)CCCNC(=O)c1cn(-c2ccc(Cl)cc2Cl)c2c1CCCc1cc(S(=O)(=O)O)sc1-2. The van der Waals surface area contributed by atoms with Gasteiger partial charge in [-0.05, 0) is 142 Å². The summed E-state index contributed by atoms with van der Waals surface area (Å²) in [7, 11) is -6.93. The zero-order valence-corrected chi connectivity index (χ0v) is 40.4. The van der Waals surface area contributed by atoms with Crippen LogP contribution in [0.15, 0.2) is 69.3 Å². The van der Waals surface area contributed by atoms with E-state index in [1.165, 1.54) is 12.1 Å². The first-order chi connectivity index (χ1) is 30.4. The number of aryl methyl sites for hydroxylation is 2. The van der Waals surface area contributed by atoms with Crippen LogP contribution in [0.25, 0.3) is 32.5 Å². The fourth-order valence-corrected chi connectivity index (χ4v) is 13.3. The highest BCUT2D eigenvalue weighted by atomic mass is 35.5. The van der Waals surface area contributed by atoms with Crippen molar-refractivity contribution >= 4 is 101 Å². The molecular weight excluding hydrogens is 985 g/mol. The van der Waals surface area contributed by atoms with Crippen LogP contribution in [0.1, 0.15) is 68.7 Å². The monoisotopic (exact) mass is 1020 g/mol. The lowest BCUT2D eigenvalue weighted by Crippen LogP contribution is -2.31. The number of carbonyl (C=O) groups is 2. The van der Waals surface area contributed by atoms with E-state index in [1.54, 1.807) is 57.9 Å². The molecule has 4 aromatic heterocycles. The summed E-state index contributed by atoms with van der Waals surface area (Å²) in [6.45, 7) is 2.10. The zero-order chi connectivity index (χ0) is 45.7. The molecule has 64 heavy (non-hydrogen) atoms. The minimum absolute atomic E-state index is 0.166. The van der Waals surface area contributed by atoms with E-state index < -0.39 is 20.2 Å². The first-order valence-electron chi connectivity index (χ1n) is 20.2. The third-order valence-electron chi connectivity index (χ3n) is 11.3. The normalized spacial score (nSPS) is 13.8. The van der Waals surface area contributed by atoms with Crippen molar-refractivity contribution in [2.75, 3.05) is 33.2 Å². The van der Waals surface area contributed by atoms with Crippen molar-refractivity contribution in [1.82, 2.24) is 24.7 Å². The molecule has 2 amide bonds. The number of hydrogen-bond acceptors (Lipinski definition) is 9. The first-order valence-corrected chi connectivity index (χ1v) is 26.3. The van der Waals surface area contributed by atoms with Gasteiger partial charge in [0.15, 0.2) is 0 Å². The van der Waals surface area contributed by atoms with E-state index in [9.17, 15) is 35.5 Å². The van der Waals surface area contributed by atoms with Gasteiger partial charge in [-0.1, -0.05) is 46.4 Å². The fourth-order valence-electron chi connectivity index (χ4n) is 8.36. The van der Waals surface area contributed by atoms with Gasteiger partial charge >= 0.3 is 20.2 Å². The minimum Gasteiger partial charge on any atom is -0.352 e. The molecule has 338 valence electrons. The van der Waals surface area contributed by atoms with Gasteiger partial charge in [0, 0.05) is 35.5 Å². The summed E-state index contributed by atoms with van der Waals surface area (Å²) < 4.78 is 71.5. The molecule has 21 heteroatoms. The van der Waals surface area contributed by atoms with Crippen LogP contribution < -0.4 is 10.6 Å². The van der Waals surface area contributed by atoms with Crippen LogP contribution in [-0.2, 0) is 45.9 Å². The van der Waals surface area contributed by atoms with Crippen LogP contribution in [0.3, 0.4) is 0 Å². The maximum atomic E-state index is 13.8. The number of nitrogens with one attached hydrogen (secondary N) is 2. The standard InChI is InChI=1S/C43H41Cl4N5O8S4/c1-50(16-4-14-48-42(53)30-22-51(34-12-10-26(44)20-32(34)46)38-28(30)8-2-6-24-18-36(61-40(24)38)63(55,56)57)17-5-15-49-43(54)31-23-52(35-13-11-27(45)21-33(35)47)39-29(31)9-3-7-25-19-37(62-41(25)39)64(58,59)60/h10-13,18-23H,2-9,14-17H2,1H3,(H,48,53)(H,49,54)(H,55,56,57)(H,58,59,60). The molecule has 0 fully saturated rings. The zero-order valence-electron chi connectivity index (χ0n) is 34.1. The van der Waals surface area contributed by atoms with Gasteiger partial charge in [0.2, 0.25) is 0 Å². The predicted octanol–water partition coefficient (Wildman–Crippen LogP) is 9.68. The summed E-state index contributed by atoms with van der Waals surface area (Å²) in [5.41, 5.74) is 6.38. The van der Waals surface area contributed by atoms with Gasteiger partial charge in [0.25, 0.3) is 11.8 Å². The quantitative estimate of drug-likeness (QED) is 0.0611. The fraction of sp³-hybridized carbons (Fsp3) is 0.302. The number of halogens is 4. The van der Waals surface area contributed by atoms with E-state index in [4.69, 9.17) is 46.4 Å². The molecule has 8 rings (SSSR count). The molecule has 2 aromatic carbocycles. The molecule has 0 saturated carbocycles. The largest absolute Gasteiger partial charge is 0.352 e. The Balaban J connectivity index is 0.907. The Morgan fingerprint density at radius 3 is 1.44 bits per heavy atom. The molecule has 0 unspecified atom stereocenters. The maximum absolute atomic E-state index is 13.8. The van der Waals surface area contributed by atoms with Crippen molar-refractivity contribution < 1.29 is 35.5 Å². The molecule has 13 nitrogen and oxygen atoms in total. The Morgan fingerprint density at radius 2 is 1.06 bits per heavy atom. The average molecular weight is 1030 g/mol. The lowest BCUT2D eigenvalue weighted by atomic mass is 10.1. The second kappa shape index (κ2) is 18.9. The molecule has 0 atom stereocenters. The summed E-state index contributed by atoms with van der Waals surface area (Å²) in [6.07, 6.45) is 8.31. The van der Waals surface area contributed by atoms with Gasteiger partial charge in [0.05, 0.1) is 53.7 Å². The second-order valence-electron chi connectivity index (χ2n) is 15.7. The molecule has 0 saturated heterocycles. The molecule has 6 aromatic rings. The Hall–Kier alpha value is -3.72. The van der Waals surface area contributed by atoms with E-state index in [2.05, 4.69) is 15.5 Å². The van der Waals surface area contributed by atoms with Crippen LogP contribution in [-0.4, -0.2) is 85.0 Å². The number of aromatic nitrogens is 2. The summed E-state index contributed by atoms with van der Waals surface area (Å²) in [6, 6.07) is 13.1. The van der Waals surface area contributed by atoms with Crippen LogP contribution in [0.5, 0.6) is 0 Å². The van der Waals surface area contributed by atoms with E-state index >= 15 is 0 Å². The Bertz CT molecular complexity index is 2850. The highest BCUT2D eigenvalue weighted by molar-refractivity contribution is 7.88. The molecule has 0 aliphatic heterocycles. The van der Waals surface area contributed by atoms with E-state index in [0.717, 1.165) is 44.9 Å². The van der Waals surface area contributed by atoms with Crippen LogP contribution in [0.4, 0.5) is 0 Å². The van der Waals surface area contributed by atoms with Crippen LogP contribution >= 0.6 is 69.1 Å². The van der Waals surface area contributed by atoms with E-state index in [-0.39, 0.29) is 20.2 Å². The highest BCUT2D eigenvalue weighted by Gasteiger charge is 2.32. The number of rotatable bonds is 14. The minimum atomic E-state index is -4.45. The molecular formula is C43H41Cl4N5O8S4. The Labute approximate surface area is 398 Å². The predicted molar refractivity (Wildman–Crippen MR) is 253 cm³/mol. The average Bonchev–Trinajstić information content (AvgIpc) is 3.98. The van der Waals surface area contributed by atoms with Crippen LogP contribution in [0.2, 0.25) is 20.1 Å². The van der Waals surface area contributed by atoms with Crippen molar-refractivity contribution in [1.29, 1.82) is 0 Å². The van der Waals surface area contributed by atoms with Gasteiger partial charge in [-0.3, -0.25) is 18.7 Å². The third kappa shape index (κ3) is 9.72. The molecule has 4 N–H and O–H groups in total. The summed E-state index contributed by atoms with van der Waals surface area (Å²) in [5.74, 6) is -0.556. The van der Waals surface area contributed by atoms with Crippen molar-refractivity contribution in [2.24, 2.45) is 0 Å². The van der Waals surface area contributed by atoms with Crippen molar-refractivity contribution in [3.8, 4) is 32.5 Å². The number of thiophene rings is 2. The van der Waals surface area contributed by atoms with Gasteiger partial charge < -0.3 is 24.7 Å². The third-order valence-corrected chi connectivity index (χ3v) is 17.4. The number of hydrogen-bond donors (Lipinski definition) is 4. The molecule has 2 aliphatic rings. The second-order valence-corrected chi connectivity index (χ2v) is 22.8. The first kappa shape index (κ1) is 46.8. The lowest BCUT2D eigenvalue weighted by Gasteiger charge is -2.17. The number of nitrogens with zero attached hydrogens (tertiary/aromatic N) is 3. The summed E-state index contributed by atoms with van der Waals surface area (Å²) in [5, 5.41) is 7.67.